The fourth-order valence-corrected chi connectivity index (χ4v) is 2.12. The molecule has 0 spiro atoms. The third-order valence-electron chi connectivity index (χ3n) is 3.11. The summed E-state index contributed by atoms with van der Waals surface area (Å²) in [5.74, 6) is 0. The van der Waals surface area contributed by atoms with Gasteiger partial charge >= 0.3 is 0 Å². The van der Waals surface area contributed by atoms with Gasteiger partial charge in [-0.05, 0) is 13.5 Å². The van der Waals surface area contributed by atoms with Crippen LogP contribution in [-0.2, 0) is 17.8 Å². The van der Waals surface area contributed by atoms with Crippen molar-refractivity contribution in [1.82, 2.24) is 25.2 Å². The van der Waals surface area contributed by atoms with Crippen molar-refractivity contribution >= 4 is 0 Å². The highest BCUT2D eigenvalue weighted by atomic mass is 16.5. The zero-order valence-electron chi connectivity index (χ0n) is 11.3. The van der Waals surface area contributed by atoms with Crippen LogP contribution in [0.1, 0.15) is 19.5 Å². The summed E-state index contributed by atoms with van der Waals surface area (Å²) in [7, 11) is 0. The van der Waals surface area contributed by atoms with Crippen LogP contribution in [-0.4, -0.2) is 58.8 Å². The molecule has 2 heterocycles. The molecule has 1 atom stereocenters. The number of hydrogen-bond acceptors (Lipinski definition) is 5. The molecular formula is C12H23N5O. The van der Waals surface area contributed by atoms with Gasteiger partial charge in [0.15, 0.2) is 0 Å². The van der Waals surface area contributed by atoms with E-state index in [0.717, 1.165) is 51.6 Å². The van der Waals surface area contributed by atoms with E-state index in [0.29, 0.717) is 6.10 Å². The molecule has 1 aliphatic rings. The molecule has 0 bridgehead atoms. The standard InChI is InChI=1S/C12H23N5O/c1-3-13-8-12-10-17(15-14-12)5-4-16-6-7-18-11(2)9-16/h10-11,13H,3-9H2,1-2H3. The molecule has 6 heteroatoms. The smallest absolute Gasteiger partial charge is 0.0964 e. The Bertz CT molecular complexity index is 354. The third-order valence-corrected chi connectivity index (χ3v) is 3.11. The number of ether oxygens (including phenoxy) is 1. The summed E-state index contributed by atoms with van der Waals surface area (Å²) in [6, 6.07) is 0. The Balaban J connectivity index is 1.74. The van der Waals surface area contributed by atoms with Gasteiger partial charge in [-0.15, -0.1) is 5.10 Å². The molecule has 102 valence electrons. The molecule has 1 aromatic heterocycles. The van der Waals surface area contributed by atoms with Gasteiger partial charge in [0.2, 0.25) is 0 Å². The second-order valence-electron chi connectivity index (χ2n) is 4.74. The zero-order chi connectivity index (χ0) is 12.8. The number of rotatable bonds is 6. The van der Waals surface area contributed by atoms with Gasteiger partial charge in [-0.1, -0.05) is 12.1 Å². The second-order valence-corrected chi connectivity index (χ2v) is 4.74. The van der Waals surface area contributed by atoms with E-state index in [2.05, 4.69) is 34.4 Å². The lowest BCUT2D eigenvalue weighted by Gasteiger charge is -2.30. The van der Waals surface area contributed by atoms with Crippen LogP contribution < -0.4 is 5.32 Å². The predicted molar refractivity (Wildman–Crippen MR) is 69.3 cm³/mol. The van der Waals surface area contributed by atoms with Crippen molar-refractivity contribution in [1.29, 1.82) is 0 Å². The van der Waals surface area contributed by atoms with Crippen LogP contribution in [0.15, 0.2) is 6.20 Å². The third kappa shape index (κ3) is 4.04. The van der Waals surface area contributed by atoms with E-state index in [-0.39, 0.29) is 0 Å². The first-order valence-corrected chi connectivity index (χ1v) is 6.71. The summed E-state index contributed by atoms with van der Waals surface area (Å²) >= 11 is 0. The van der Waals surface area contributed by atoms with Crippen molar-refractivity contribution < 1.29 is 4.74 Å². The number of morpholine rings is 1. The number of hydrogen-bond donors (Lipinski definition) is 1. The van der Waals surface area contributed by atoms with Crippen LogP contribution in [0.4, 0.5) is 0 Å². The Hall–Kier alpha value is -0.980. The van der Waals surface area contributed by atoms with Crippen LogP contribution in [0, 0.1) is 0 Å². The van der Waals surface area contributed by atoms with Gasteiger partial charge in [-0.3, -0.25) is 9.58 Å². The minimum atomic E-state index is 0.346. The van der Waals surface area contributed by atoms with Crippen LogP contribution >= 0.6 is 0 Å². The van der Waals surface area contributed by atoms with E-state index < -0.39 is 0 Å². The lowest BCUT2D eigenvalue weighted by Crippen LogP contribution is -2.42. The van der Waals surface area contributed by atoms with E-state index in [1.165, 1.54) is 0 Å². The van der Waals surface area contributed by atoms with E-state index in [1.54, 1.807) is 0 Å². The molecule has 1 N–H and O–H groups in total. The molecule has 1 aliphatic heterocycles. The topological polar surface area (TPSA) is 55.2 Å². The molecule has 0 aliphatic carbocycles. The Morgan fingerprint density at radius 1 is 1.50 bits per heavy atom. The van der Waals surface area contributed by atoms with E-state index in [1.807, 2.05) is 10.9 Å². The summed E-state index contributed by atoms with van der Waals surface area (Å²) in [4.78, 5) is 2.42. The first kappa shape index (κ1) is 13.5. The number of nitrogens with zero attached hydrogens (tertiary/aromatic N) is 4. The number of aromatic nitrogens is 3. The SMILES string of the molecule is CCNCc1cn(CCN2CCOC(C)C2)nn1. The largest absolute Gasteiger partial charge is 0.376 e. The fourth-order valence-electron chi connectivity index (χ4n) is 2.12. The maximum atomic E-state index is 5.52. The molecule has 18 heavy (non-hydrogen) atoms. The number of nitrogens with one attached hydrogen (secondary N) is 1. The van der Waals surface area contributed by atoms with Gasteiger partial charge in [0.1, 0.15) is 0 Å². The summed E-state index contributed by atoms with van der Waals surface area (Å²) in [5.41, 5.74) is 1.01. The Morgan fingerprint density at radius 2 is 2.39 bits per heavy atom. The van der Waals surface area contributed by atoms with Gasteiger partial charge < -0.3 is 10.1 Å². The Morgan fingerprint density at radius 3 is 3.17 bits per heavy atom. The molecule has 1 unspecified atom stereocenters. The van der Waals surface area contributed by atoms with Crippen LogP contribution in [0.2, 0.25) is 0 Å². The zero-order valence-corrected chi connectivity index (χ0v) is 11.3. The van der Waals surface area contributed by atoms with Gasteiger partial charge in [-0.2, -0.15) is 0 Å². The van der Waals surface area contributed by atoms with Gasteiger partial charge in [0.05, 0.1) is 24.9 Å². The summed E-state index contributed by atoms with van der Waals surface area (Å²) in [6.45, 7) is 10.7. The van der Waals surface area contributed by atoms with E-state index in [4.69, 9.17) is 4.74 Å². The first-order chi connectivity index (χ1) is 8.78. The molecule has 1 fully saturated rings. The van der Waals surface area contributed by atoms with Gasteiger partial charge in [0.25, 0.3) is 0 Å². The first-order valence-electron chi connectivity index (χ1n) is 6.71. The highest BCUT2D eigenvalue weighted by molar-refractivity contribution is 4.91. The van der Waals surface area contributed by atoms with E-state index in [9.17, 15) is 0 Å². The average molecular weight is 253 g/mol. The van der Waals surface area contributed by atoms with Crippen molar-refractivity contribution in [3.63, 3.8) is 0 Å². The predicted octanol–water partition coefficient (Wildman–Crippen LogP) is 0.108. The molecule has 1 saturated heterocycles. The fraction of sp³-hybridized carbons (Fsp3) is 0.833. The van der Waals surface area contributed by atoms with Crippen molar-refractivity contribution in [2.75, 3.05) is 32.8 Å². The summed E-state index contributed by atoms with van der Waals surface area (Å²) in [6.07, 6.45) is 2.37. The normalized spacial score (nSPS) is 21.3. The van der Waals surface area contributed by atoms with Gasteiger partial charge in [-0.25, -0.2) is 0 Å². The van der Waals surface area contributed by atoms with Crippen LogP contribution in [0.5, 0.6) is 0 Å². The maximum absolute atomic E-state index is 5.52. The van der Waals surface area contributed by atoms with Crippen molar-refractivity contribution in [3.05, 3.63) is 11.9 Å². The maximum Gasteiger partial charge on any atom is 0.0964 e. The van der Waals surface area contributed by atoms with Crippen molar-refractivity contribution in [2.24, 2.45) is 0 Å². The highest BCUT2D eigenvalue weighted by Gasteiger charge is 2.16. The molecule has 0 saturated carbocycles. The van der Waals surface area contributed by atoms with Crippen molar-refractivity contribution in [3.8, 4) is 0 Å². The molecule has 6 nitrogen and oxygen atoms in total. The Labute approximate surface area is 108 Å². The second kappa shape index (κ2) is 6.82. The van der Waals surface area contributed by atoms with Gasteiger partial charge in [0, 0.05) is 32.4 Å². The highest BCUT2D eigenvalue weighted by Crippen LogP contribution is 2.04. The summed E-state index contributed by atoms with van der Waals surface area (Å²) in [5, 5.41) is 11.5. The molecule has 0 amide bonds. The molecular weight excluding hydrogens is 230 g/mol. The average Bonchev–Trinajstić information content (AvgIpc) is 2.82. The molecule has 1 aromatic rings. The minimum absolute atomic E-state index is 0.346. The van der Waals surface area contributed by atoms with Crippen LogP contribution in [0.3, 0.4) is 0 Å². The van der Waals surface area contributed by atoms with E-state index >= 15 is 0 Å². The molecule has 2 rings (SSSR count). The molecule has 0 radical (unpaired) electrons. The van der Waals surface area contributed by atoms with Crippen LogP contribution in [0.25, 0.3) is 0 Å². The summed E-state index contributed by atoms with van der Waals surface area (Å²) < 4.78 is 7.45. The quantitative estimate of drug-likeness (QED) is 0.780. The molecule has 0 aromatic carbocycles. The Kier molecular flexibility index (Phi) is 5.10. The minimum Gasteiger partial charge on any atom is -0.376 e. The van der Waals surface area contributed by atoms with Crippen molar-refractivity contribution in [2.45, 2.75) is 33.0 Å². The monoisotopic (exact) mass is 253 g/mol. The lowest BCUT2D eigenvalue weighted by atomic mass is 10.3. The lowest BCUT2D eigenvalue weighted by molar-refractivity contribution is -0.0194.